The Morgan fingerprint density at radius 3 is 2.42 bits per heavy atom. The molecule has 2 aromatic carbocycles. The molecule has 7 nitrogen and oxygen atoms in total. The lowest BCUT2D eigenvalue weighted by molar-refractivity contribution is -0.124. The van der Waals surface area contributed by atoms with Gasteiger partial charge in [-0.1, -0.05) is 24.3 Å². The maximum absolute atomic E-state index is 14.2. The first-order valence-electron chi connectivity index (χ1n) is 10.4. The summed E-state index contributed by atoms with van der Waals surface area (Å²) in [6.07, 6.45) is 0.810. The minimum atomic E-state index is -0.559. The molecule has 1 saturated heterocycles. The zero-order valence-corrected chi connectivity index (χ0v) is 17.2. The Bertz CT molecular complexity index is 1180. The van der Waals surface area contributed by atoms with Crippen molar-refractivity contribution in [3.8, 4) is 0 Å². The van der Waals surface area contributed by atoms with E-state index in [0.29, 0.717) is 23.7 Å². The molecule has 2 amide bonds. The van der Waals surface area contributed by atoms with E-state index in [9.17, 15) is 14.0 Å². The summed E-state index contributed by atoms with van der Waals surface area (Å²) in [4.78, 5) is 40.7. The zero-order chi connectivity index (χ0) is 21.5. The van der Waals surface area contributed by atoms with Gasteiger partial charge in [0, 0.05) is 33.1 Å². The van der Waals surface area contributed by atoms with Crippen LogP contribution in [0.15, 0.2) is 48.5 Å². The van der Waals surface area contributed by atoms with Gasteiger partial charge in [-0.25, -0.2) is 14.4 Å². The summed E-state index contributed by atoms with van der Waals surface area (Å²) in [5.74, 6) is -0.284. The molecule has 0 N–H and O–H groups in total. The number of carbonyl (C=O) groups is 2. The smallest absolute Gasteiger partial charge is 0.233 e. The number of aromatic nitrogens is 2. The summed E-state index contributed by atoms with van der Waals surface area (Å²) in [6, 6.07) is 13.7. The average Bonchev–Trinajstić information content (AvgIpc) is 3.09. The van der Waals surface area contributed by atoms with Crippen LogP contribution in [0.1, 0.15) is 12.8 Å². The van der Waals surface area contributed by atoms with Gasteiger partial charge in [0.05, 0.1) is 22.6 Å². The fraction of sp³-hybridized carbons (Fsp3) is 0.304. The largest absolute Gasteiger partial charge is 0.357 e. The predicted molar refractivity (Wildman–Crippen MR) is 117 cm³/mol. The number of hydrogen-bond acceptors (Lipinski definition) is 5. The number of halogens is 1. The number of nitrogens with zero attached hydrogens (tertiary/aromatic N) is 5. The van der Waals surface area contributed by atoms with Gasteiger partial charge >= 0.3 is 0 Å². The minimum Gasteiger partial charge on any atom is -0.357 e. The number of carbonyl (C=O) groups excluding carboxylic acids is 2. The average molecular weight is 419 g/mol. The van der Waals surface area contributed by atoms with E-state index in [2.05, 4.69) is 0 Å². The van der Waals surface area contributed by atoms with Crippen LogP contribution in [-0.2, 0) is 9.59 Å². The first-order chi connectivity index (χ1) is 15.0. The molecule has 0 bridgehead atoms. The standard InChI is InChI=1S/C23H22FN5O2/c1-27-11-6-12-28(22-21(27)25-17-8-3-4-9-18(17)26-22)23(31)15-13-20(30)29(14-15)19-10-5-2-7-16(19)24/h2-5,7-10,15H,6,11-14H2,1H3/t15-/m0/s1. The maximum Gasteiger partial charge on any atom is 0.233 e. The van der Waals surface area contributed by atoms with Crippen LogP contribution in [0.3, 0.4) is 0 Å². The molecule has 5 rings (SSSR count). The Balaban J connectivity index is 1.48. The van der Waals surface area contributed by atoms with Crippen LogP contribution in [0, 0.1) is 11.7 Å². The van der Waals surface area contributed by atoms with Crippen molar-refractivity contribution in [3.63, 3.8) is 0 Å². The third kappa shape index (κ3) is 3.37. The SMILES string of the molecule is CN1CCCN(C(=O)[C@H]2CC(=O)N(c3ccccc3F)C2)c2nc3ccccc3nc21. The van der Waals surface area contributed by atoms with E-state index in [-0.39, 0.29) is 30.5 Å². The summed E-state index contributed by atoms with van der Waals surface area (Å²) in [6.45, 7) is 1.39. The van der Waals surface area contributed by atoms with Gasteiger partial charge in [-0.2, -0.15) is 0 Å². The molecular formula is C23H22FN5O2. The first kappa shape index (κ1) is 19.4. The highest BCUT2D eigenvalue weighted by atomic mass is 19.1. The number of amides is 2. The highest BCUT2D eigenvalue weighted by Gasteiger charge is 2.40. The Morgan fingerprint density at radius 2 is 1.68 bits per heavy atom. The van der Waals surface area contributed by atoms with E-state index in [0.717, 1.165) is 18.5 Å². The lowest BCUT2D eigenvalue weighted by atomic mass is 10.1. The van der Waals surface area contributed by atoms with Gasteiger partial charge in [-0.3, -0.25) is 14.5 Å². The van der Waals surface area contributed by atoms with Crippen LogP contribution in [0.2, 0.25) is 0 Å². The molecule has 1 fully saturated rings. The van der Waals surface area contributed by atoms with Crippen molar-refractivity contribution >= 4 is 40.2 Å². The van der Waals surface area contributed by atoms with Gasteiger partial charge in [0.2, 0.25) is 11.8 Å². The van der Waals surface area contributed by atoms with Crippen LogP contribution < -0.4 is 14.7 Å². The number of rotatable bonds is 2. The minimum absolute atomic E-state index is 0.0514. The molecule has 31 heavy (non-hydrogen) atoms. The predicted octanol–water partition coefficient (Wildman–Crippen LogP) is 2.99. The number of benzene rings is 2. The van der Waals surface area contributed by atoms with Gasteiger partial charge < -0.3 is 9.80 Å². The second-order valence-corrected chi connectivity index (χ2v) is 7.98. The molecule has 158 valence electrons. The Hall–Kier alpha value is -3.55. The monoisotopic (exact) mass is 419 g/mol. The van der Waals surface area contributed by atoms with Crippen LogP contribution in [0.25, 0.3) is 11.0 Å². The third-order valence-electron chi connectivity index (χ3n) is 5.91. The highest BCUT2D eigenvalue weighted by molar-refractivity contribution is 6.05. The summed E-state index contributed by atoms with van der Waals surface area (Å²) in [7, 11) is 1.94. The molecular weight excluding hydrogens is 397 g/mol. The number of fused-ring (bicyclic) bond motifs is 2. The molecule has 0 radical (unpaired) electrons. The van der Waals surface area contributed by atoms with Crippen molar-refractivity contribution in [3.05, 3.63) is 54.3 Å². The molecule has 0 saturated carbocycles. The van der Waals surface area contributed by atoms with Crippen LogP contribution in [0.5, 0.6) is 0 Å². The van der Waals surface area contributed by atoms with E-state index in [1.54, 1.807) is 23.1 Å². The van der Waals surface area contributed by atoms with Crippen molar-refractivity contribution in [1.29, 1.82) is 0 Å². The summed E-state index contributed by atoms with van der Waals surface area (Å²) < 4.78 is 14.2. The van der Waals surface area contributed by atoms with Crippen molar-refractivity contribution in [2.45, 2.75) is 12.8 Å². The summed E-state index contributed by atoms with van der Waals surface area (Å²) in [5, 5.41) is 0. The molecule has 2 aliphatic rings. The molecule has 1 atom stereocenters. The van der Waals surface area contributed by atoms with Gasteiger partial charge in [-0.15, -0.1) is 0 Å². The first-order valence-corrected chi connectivity index (χ1v) is 10.4. The third-order valence-corrected chi connectivity index (χ3v) is 5.91. The molecule has 3 aromatic rings. The fourth-order valence-corrected chi connectivity index (χ4v) is 4.31. The lowest BCUT2D eigenvalue weighted by Crippen LogP contribution is -2.38. The van der Waals surface area contributed by atoms with Gasteiger partial charge in [0.15, 0.2) is 11.6 Å². The van der Waals surface area contributed by atoms with Crippen LogP contribution in [-0.4, -0.2) is 48.5 Å². The van der Waals surface area contributed by atoms with Crippen molar-refractivity contribution in [1.82, 2.24) is 9.97 Å². The topological polar surface area (TPSA) is 69.6 Å². The molecule has 0 aliphatic carbocycles. The second-order valence-electron chi connectivity index (χ2n) is 7.98. The number of hydrogen-bond donors (Lipinski definition) is 0. The summed E-state index contributed by atoms with van der Waals surface area (Å²) in [5.41, 5.74) is 1.69. The molecule has 0 spiro atoms. The lowest BCUT2D eigenvalue weighted by Gasteiger charge is -2.25. The molecule has 3 heterocycles. The quantitative estimate of drug-likeness (QED) is 0.639. The number of anilines is 3. The highest BCUT2D eigenvalue weighted by Crippen LogP contribution is 2.34. The fourth-order valence-electron chi connectivity index (χ4n) is 4.31. The van der Waals surface area contributed by atoms with Gasteiger partial charge in [0.25, 0.3) is 0 Å². The molecule has 0 unspecified atom stereocenters. The normalized spacial score (nSPS) is 19.0. The van der Waals surface area contributed by atoms with E-state index >= 15 is 0 Å². The van der Waals surface area contributed by atoms with Crippen LogP contribution >= 0.6 is 0 Å². The maximum atomic E-state index is 14.2. The Morgan fingerprint density at radius 1 is 1.00 bits per heavy atom. The van der Waals surface area contributed by atoms with E-state index in [1.807, 2.05) is 36.2 Å². The van der Waals surface area contributed by atoms with E-state index in [4.69, 9.17) is 9.97 Å². The van der Waals surface area contributed by atoms with Crippen LogP contribution in [0.4, 0.5) is 21.7 Å². The summed E-state index contributed by atoms with van der Waals surface area (Å²) >= 11 is 0. The Labute approximate surface area is 179 Å². The molecule has 1 aromatic heterocycles. The molecule has 2 aliphatic heterocycles. The van der Waals surface area contributed by atoms with E-state index in [1.165, 1.54) is 11.0 Å². The van der Waals surface area contributed by atoms with Gasteiger partial charge in [-0.05, 0) is 30.7 Å². The second kappa shape index (κ2) is 7.61. The van der Waals surface area contributed by atoms with Crippen molar-refractivity contribution in [2.24, 2.45) is 5.92 Å². The Kier molecular flexibility index (Phi) is 4.77. The van der Waals surface area contributed by atoms with Gasteiger partial charge in [0.1, 0.15) is 5.82 Å². The number of para-hydroxylation sites is 3. The van der Waals surface area contributed by atoms with E-state index < -0.39 is 11.7 Å². The van der Waals surface area contributed by atoms with Crippen molar-refractivity contribution in [2.75, 3.05) is 41.4 Å². The molecule has 8 heteroatoms. The van der Waals surface area contributed by atoms with Crippen molar-refractivity contribution < 1.29 is 14.0 Å². The zero-order valence-electron chi connectivity index (χ0n) is 17.2.